The molecule has 1 aromatic heterocycles. The molecule has 0 saturated heterocycles. The van der Waals surface area contributed by atoms with Crippen molar-refractivity contribution in [2.24, 2.45) is 22.7 Å². The first kappa shape index (κ1) is 34.6. The molecule has 2 aliphatic rings. The largest absolute Gasteiger partial charge is 2.00 e. The summed E-state index contributed by atoms with van der Waals surface area (Å²) in [6.07, 6.45) is 1.86. The Hall–Kier alpha value is -4.21. The van der Waals surface area contributed by atoms with Gasteiger partial charge in [-0.25, -0.2) is 4.98 Å². The van der Waals surface area contributed by atoms with Crippen LogP contribution < -0.4 is 9.64 Å². The molecule has 2 aliphatic heterocycles. The zero-order chi connectivity index (χ0) is 33.6. The number of aliphatic imine (C=N–C) groups is 1. The Balaban J connectivity index is 0.00000417. The number of para-hydroxylation sites is 1. The van der Waals surface area contributed by atoms with E-state index in [1.54, 1.807) is 0 Å². The number of rotatable bonds is 8. The van der Waals surface area contributed by atoms with Crippen molar-refractivity contribution in [3.05, 3.63) is 132 Å². The molecule has 0 amide bonds. The van der Waals surface area contributed by atoms with Gasteiger partial charge >= 0.3 is 21.1 Å². The molecule has 0 bridgehead atoms. The monoisotopic (exact) mass is 828 g/mol. The van der Waals surface area contributed by atoms with Gasteiger partial charge in [-0.2, -0.15) is 5.56 Å². The van der Waals surface area contributed by atoms with Crippen LogP contribution in [-0.2, 0) is 31.2 Å². The number of anilines is 3. The van der Waals surface area contributed by atoms with Gasteiger partial charge in [-0.3, -0.25) is 4.99 Å². The van der Waals surface area contributed by atoms with E-state index in [0.717, 1.165) is 39.4 Å². The molecule has 7 rings (SSSR count). The van der Waals surface area contributed by atoms with E-state index in [1.165, 1.54) is 11.1 Å². The third-order valence-electron chi connectivity index (χ3n) is 9.76. The van der Waals surface area contributed by atoms with Crippen molar-refractivity contribution in [1.82, 2.24) is 4.98 Å². The van der Waals surface area contributed by atoms with E-state index in [0.29, 0.717) is 41.8 Å². The first-order chi connectivity index (χ1) is 23.1. The van der Waals surface area contributed by atoms with Crippen molar-refractivity contribution in [1.29, 1.82) is 0 Å². The summed E-state index contributed by atoms with van der Waals surface area (Å²) in [5.41, 5.74) is 8.11. The Labute approximate surface area is 305 Å². The number of aryl methyl sites for hydroxylation is 1. The van der Waals surface area contributed by atoms with E-state index in [9.17, 15) is 0 Å². The molecule has 0 saturated carbocycles. The van der Waals surface area contributed by atoms with Gasteiger partial charge in [-0.05, 0) is 41.0 Å². The van der Waals surface area contributed by atoms with Gasteiger partial charge in [0.05, 0.1) is 12.6 Å². The number of benzene rings is 4. The average Bonchev–Trinajstić information content (AvgIpc) is 3.54. The second kappa shape index (κ2) is 14.0. The molecule has 1 atom stereocenters. The second-order valence-electron chi connectivity index (χ2n) is 14.3. The molecule has 3 heterocycles. The van der Waals surface area contributed by atoms with E-state index < -0.39 is 0 Å². The summed E-state index contributed by atoms with van der Waals surface area (Å²) in [5, 5.41) is 0. The van der Waals surface area contributed by atoms with Crippen LogP contribution in [0.5, 0.6) is 11.5 Å². The molecule has 5 aromatic rings. The van der Waals surface area contributed by atoms with Crippen LogP contribution >= 0.6 is 0 Å². The summed E-state index contributed by atoms with van der Waals surface area (Å²) >= 11 is 0. The predicted molar refractivity (Wildman–Crippen MR) is 195 cm³/mol. The maximum atomic E-state index is 6.65. The van der Waals surface area contributed by atoms with E-state index in [2.05, 4.69) is 120 Å². The molecule has 0 fully saturated rings. The van der Waals surface area contributed by atoms with Gasteiger partial charge in [0.15, 0.2) is 0 Å². The summed E-state index contributed by atoms with van der Waals surface area (Å²) in [6.45, 7) is 16.3. The van der Waals surface area contributed by atoms with Crippen molar-refractivity contribution in [2.75, 3.05) is 11.5 Å². The van der Waals surface area contributed by atoms with Crippen LogP contribution in [0, 0.1) is 36.8 Å². The van der Waals surface area contributed by atoms with Crippen LogP contribution in [0.3, 0.4) is 0 Å². The minimum absolute atomic E-state index is 0. The van der Waals surface area contributed by atoms with Gasteiger partial charge < -0.3 is 14.4 Å². The van der Waals surface area contributed by atoms with Crippen LogP contribution in [-0.4, -0.2) is 23.5 Å². The Morgan fingerprint density at radius 1 is 0.816 bits per heavy atom. The fraction of sp³-hybridized carbons (Fsp3) is 0.302. The summed E-state index contributed by atoms with van der Waals surface area (Å²) < 4.78 is 12.9. The molecular formula is C43H43N3O2Pt. The zero-order valence-electron chi connectivity index (χ0n) is 29.2. The summed E-state index contributed by atoms with van der Waals surface area (Å²) in [7, 11) is 0. The van der Waals surface area contributed by atoms with Crippen LogP contribution in [0.2, 0.25) is 0 Å². The average molecular weight is 829 g/mol. The smallest absolute Gasteiger partial charge is 0.518 e. The van der Waals surface area contributed by atoms with Gasteiger partial charge in [0.2, 0.25) is 0 Å². The molecule has 0 N–H and O–H groups in total. The Kier molecular flexibility index (Phi) is 9.87. The number of hydrogen-bond donors (Lipinski definition) is 0. The Bertz CT molecular complexity index is 1930. The van der Waals surface area contributed by atoms with Crippen molar-refractivity contribution in [2.45, 2.75) is 59.9 Å². The maximum absolute atomic E-state index is 6.65. The van der Waals surface area contributed by atoms with Crippen LogP contribution in [0.15, 0.2) is 102 Å². The van der Waals surface area contributed by atoms with Gasteiger partial charge in [-0.15, -0.1) is 24.3 Å². The van der Waals surface area contributed by atoms with Crippen molar-refractivity contribution >= 4 is 23.1 Å². The topological polar surface area (TPSA) is 47.0 Å². The van der Waals surface area contributed by atoms with Gasteiger partial charge in [0, 0.05) is 34.4 Å². The molecule has 0 radical (unpaired) electrons. The summed E-state index contributed by atoms with van der Waals surface area (Å²) in [6, 6.07) is 38.6. The quantitative estimate of drug-likeness (QED) is 0.146. The first-order valence-corrected chi connectivity index (χ1v) is 17.0. The fourth-order valence-corrected chi connectivity index (χ4v) is 7.62. The number of pyridine rings is 1. The van der Waals surface area contributed by atoms with Gasteiger partial charge in [0.25, 0.3) is 0 Å². The van der Waals surface area contributed by atoms with Crippen molar-refractivity contribution in [3.8, 4) is 22.6 Å². The second-order valence-corrected chi connectivity index (χ2v) is 14.3. The van der Waals surface area contributed by atoms with Crippen molar-refractivity contribution in [3.63, 3.8) is 0 Å². The number of nitrogens with zero attached hydrogens (tertiary/aromatic N) is 3. The fourth-order valence-electron chi connectivity index (χ4n) is 7.62. The molecule has 0 aliphatic carbocycles. The minimum Gasteiger partial charge on any atom is -0.518 e. The zero-order valence-corrected chi connectivity index (χ0v) is 31.5. The van der Waals surface area contributed by atoms with Gasteiger partial charge in [0.1, 0.15) is 11.7 Å². The van der Waals surface area contributed by atoms with Crippen LogP contribution in [0.4, 0.5) is 17.2 Å². The number of aromatic nitrogens is 1. The number of ether oxygens (including phenoxy) is 2. The third kappa shape index (κ3) is 6.71. The number of hydrogen-bond acceptors (Lipinski definition) is 5. The standard InChI is InChI=1S/C43H43N3O2.Pt/c1-27(2)40(28(3)4)38-26-47-42(45-38)32-22-31(30-14-9-8-10-15-30)23-35(24-32)48-34-21-29(5)20-33(25-34)46-39-18-12-11-16-36(39)43(6,7)37-17-13-19-44-41(37)46;/h8-23,27-28,38,40H,26H2,1-7H3;/q-2;+2/t38-;/m0./s1. The summed E-state index contributed by atoms with van der Waals surface area (Å²) in [5.74, 6) is 4.15. The molecule has 4 aromatic carbocycles. The van der Waals surface area contributed by atoms with E-state index in [4.69, 9.17) is 19.5 Å². The molecule has 6 heteroatoms. The van der Waals surface area contributed by atoms with E-state index in [-0.39, 0.29) is 32.5 Å². The molecule has 0 spiro atoms. The van der Waals surface area contributed by atoms with Crippen LogP contribution in [0.25, 0.3) is 11.1 Å². The molecule has 0 unspecified atom stereocenters. The molecule has 5 nitrogen and oxygen atoms in total. The minimum atomic E-state index is -0.197. The third-order valence-corrected chi connectivity index (χ3v) is 9.76. The molecule has 252 valence electrons. The Morgan fingerprint density at radius 2 is 1.51 bits per heavy atom. The normalized spacial score (nSPS) is 16.2. The summed E-state index contributed by atoms with van der Waals surface area (Å²) in [4.78, 5) is 12.2. The molecular weight excluding hydrogens is 786 g/mol. The van der Waals surface area contributed by atoms with E-state index >= 15 is 0 Å². The molecule has 49 heavy (non-hydrogen) atoms. The van der Waals surface area contributed by atoms with E-state index in [1.807, 2.05) is 42.6 Å². The first-order valence-electron chi connectivity index (χ1n) is 17.0. The van der Waals surface area contributed by atoms with Crippen LogP contribution in [0.1, 0.15) is 63.8 Å². The maximum Gasteiger partial charge on any atom is 2.00 e. The number of fused-ring (bicyclic) bond motifs is 2. The van der Waals surface area contributed by atoms with Gasteiger partial charge in [-0.1, -0.05) is 132 Å². The SMILES string of the molecule is Cc1cc(Oc2[c-]c(C3=N[C@H](C(C(C)C)C(C)C)CO3)cc(-c3ccccc3)c2)[c-]c(N2c3ccccc3C(C)(C)c3cccnc32)c1.[Pt+2]. The predicted octanol–water partition coefficient (Wildman–Crippen LogP) is 10.6. The van der Waals surface area contributed by atoms with Crippen molar-refractivity contribution < 1.29 is 30.5 Å². The Morgan fingerprint density at radius 3 is 2.27 bits per heavy atom.